The summed E-state index contributed by atoms with van der Waals surface area (Å²) in [6.07, 6.45) is 0. The molecule has 21 heavy (non-hydrogen) atoms. The topological polar surface area (TPSA) is 21.3 Å². The van der Waals surface area contributed by atoms with Crippen molar-refractivity contribution in [2.45, 2.75) is 39.8 Å². The summed E-state index contributed by atoms with van der Waals surface area (Å²) in [6, 6.07) is 13.8. The highest BCUT2D eigenvalue weighted by Crippen LogP contribution is 2.29. The molecule has 0 bridgehead atoms. The van der Waals surface area contributed by atoms with E-state index in [0.29, 0.717) is 5.02 Å². The van der Waals surface area contributed by atoms with Gasteiger partial charge in [-0.3, -0.25) is 0 Å². The molecule has 2 aromatic carbocycles. The van der Waals surface area contributed by atoms with Gasteiger partial charge in [0.05, 0.1) is 0 Å². The molecule has 0 heterocycles. The van der Waals surface area contributed by atoms with Crippen LogP contribution >= 0.6 is 11.6 Å². The minimum absolute atomic E-state index is 0.0558. The number of nitrogens with one attached hydrogen (secondary N) is 1. The summed E-state index contributed by atoms with van der Waals surface area (Å²) in [5.74, 6) is 1.62. The van der Waals surface area contributed by atoms with E-state index < -0.39 is 0 Å². The fourth-order valence-corrected chi connectivity index (χ4v) is 2.10. The van der Waals surface area contributed by atoms with Crippen LogP contribution in [0.1, 0.15) is 31.9 Å². The Morgan fingerprint density at radius 1 is 1.10 bits per heavy atom. The van der Waals surface area contributed by atoms with Crippen LogP contribution in [0, 0.1) is 6.92 Å². The Morgan fingerprint density at radius 3 is 2.52 bits per heavy atom. The van der Waals surface area contributed by atoms with Gasteiger partial charge in [0.25, 0.3) is 0 Å². The summed E-state index contributed by atoms with van der Waals surface area (Å²) in [5, 5.41) is 4.15. The third kappa shape index (κ3) is 5.07. The second kappa shape index (κ2) is 6.50. The van der Waals surface area contributed by atoms with Crippen LogP contribution in [0.4, 0.5) is 0 Å². The van der Waals surface area contributed by atoms with Gasteiger partial charge >= 0.3 is 0 Å². The van der Waals surface area contributed by atoms with Gasteiger partial charge in [0.2, 0.25) is 0 Å². The first-order valence-electron chi connectivity index (χ1n) is 7.11. The summed E-state index contributed by atoms with van der Waals surface area (Å²) < 4.78 is 6.01. The van der Waals surface area contributed by atoms with Crippen LogP contribution in [0.3, 0.4) is 0 Å². The van der Waals surface area contributed by atoms with Gasteiger partial charge in [0.15, 0.2) is 0 Å². The van der Waals surface area contributed by atoms with Crippen molar-refractivity contribution in [3.8, 4) is 11.5 Å². The monoisotopic (exact) mass is 303 g/mol. The Labute approximate surface area is 132 Å². The molecule has 0 aliphatic carbocycles. The molecular formula is C18H22ClNO. The lowest BCUT2D eigenvalue weighted by atomic mass is 10.1. The number of hydrogen-bond acceptors (Lipinski definition) is 2. The first-order valence-corrected chi connectivity index (χ1v) is 7.49. The number of aryl methyl sites for hydroxylation is 1. The first kappa shape index (κ1) is 15.9. The summed E-state index contributed by atoms with van der Waals surface area (Å²) in [4.78, 5) is 0. The summed E-state index contributed by atoms with van der Waals surface area (Å²) in [5.41, 5.74) is 2.32. The lowest BCUT2D eigenvalue weighted by Crippen LogP contribution is -2.35. The van der Waals surface area contributed by atoms with Crippen LogP contribution in [-0.4, -0.2) is 5.54 Å². The molecule has 112 valence electrons. The second-order valence-electron chi connectivity index (χ2n) is 6.27. The highest BCUT2D eigenvalue weighted by atomic mass is 35.5. The van der Waals surface area contributed by atoms with E-state index in [1.165, 1.54) is 5.56 Å². The van der Waals surface area contributed by atoms with Gasteiger partial charge in [0, 0.05) is 22.7 Å². The molecule has 0 fully saturated rings. The van der Waals surface area contributed by atoms with Gasteiger partial charge in [-0.15, -0.1) is 0 Å². The predicted octanol–water partition coefficient (Wildman–Crippen LogP) is 5.33. The molecule has 0 aromatic heterocycles. The molecule has 0 aliphatic rings. The van der Waals surface area contributed by atoms with E-state index in [4.69, 9.17) is 16.3 Å². The number of ether oxygens (including phenoxy) is 1. The van der Waals surface area contributed by atoms with E-state index in [1.807, 2.05) is 49.4 Å². The van der Waals surface area contributed by atoms with E-state index in [1.54, 1.807) is 0 Å². The van der Waals surface area contributed by atoms with E-state index in [2.05, 4.69) is 26.1 Å². The van der Waals surface area contributed by atoms with Crippen molar-refractivity contribution < 1.29 is 4.74 Å². The Hall–Kier alpha value is -1.51. The van der Waals surface area contributed by atoms with E-state index in [-0.39, 0.29) is 5.54 Å². The largest absolute Gasteiger partial charge is 0.457 e. The molecule has 0 aliphatic heterocycles. The summed E-state index contributed by atoms with van der Waals surface area (Å²) in [7, 11) is 0. The maximum Gasteiger partial charge on any atom is 0.133 e. The van der Waals surface area contributed by atoms with E-state index in [9.17, 15) is 0 Å². The second-order valence-corrected chi connectivity index (χ2v) is 6.71. The lowest BCUT2D eigenvalue weighted by Gasteiger charge is -2.21. The molecule has 0 atom stereocenters. The molecule has 0 unspecified atom stereocenters. The number of benzene rings is 2. The van der Waals surface area contributed by atoms with Gasteiger partial charge in [-0.25, -0.2) is 0 Å². The highest BCUT2D eigenvalue weighted by molar-refractivity contribution is 6.30. The smallest absolute Gasteiger partial charge is 0.133 e. The number of hydrogen-bond donors (Lipinski definition) is 1. The minimum Gasteiger partial charge on any atom is -0.457 e. The maximum atomic E-state index is 6.10. The van der Waals surface area contributed by atoms with Gasteiger partial charge in [-0.05, 0) is 57.5 Å². The van der Waals surface area contributed by atoms with E-state index >= 15 is 0 Å². The average Bonchev–Trinajstić information content (AvgIpc) is 2.36. The van der Waals surface area contributed by atoms with Crippen LogP contribution < -0.4 is 10.1 Å². The zero-order chi connectivity index (χ0) is 15.5. The fraction of sp³-hybridized carbons (Fsp3) is 0.333. The van der Waals surface area contributed by atoms with Crippen molar-refractivity contribution in [3.63, 3.8) is 0 Å². The molecule has 0 saturated heterocycles. The van der Waals surface area contributed by atoms with Crippen molar-refractivity contribution in [2.75, 3.05) is 0 Å². The van der Waals surface area contributed by atoms with Gasteiger partial charge < -0.3 is 10.1 Å². The molecule has 2 rings (SSSR count). The number of rotatable bonds is 4. The third-order valence-corrected chi connectivity index (χ3v) is 3.29. The van der Waals surface area contributed by atoms with Crippen LogP contribution in [-0.2, 0) is 6.54 Å². The van der Waals surface area contributed by atoms with Gasteiger partial charge in [-0.1, -0.05) is 29.8 Å². The average molecular weight is 304 g/mol. The maximum absolute atomic E-state index is 6.10. The Balaban J connectivity index is 2.23. The molecule has 1 N–H and O–H groups in total. The molecule has 2 nitrogen and oxygen atoms in total. The van der Waals surface area contributed by atoms with Crippen LogP contribution in [0.15, 0.2) is 42.5 Å². The van der Waals surface area contributed by atoms with E-state index in [0.717, 1.165) is 23.6 Å². The van der Waals surface area contributed by atoms with Crippen LogP contribution in [0.5, 0.6) is 11.5 Å². The Kier molecular flexibility index (Phi) is 4.92. The van der Waals surface area contributed by atoms with Crippen LogP contribution in [0.25, 0.3) is 0 Å². The summed E-state index contributed by atoms with van der Waals surface area (Å²) >= 11 is 6.10. The number of halogens is 1. The molecule has 2 aromatic rings. The zero-order valence-corrected chi connectivity index (χ0v) is 13.8. The minimum atomic E-state index is 0.0558. The van der Waals surface area contributed by atoms with Gasteiger partial charge in [-0.2, -0.15) is 0 Å². The zero-order valence-electron chi connectivity index (χ0n) is 13.0. The Morgan fingerprint density at radius 2 is 1.86 bits per heavy atom. The predicted molar refractivity (Wildman–Crippen MR) is 89.3 cm³/mol. The standard InChI is InChI=1S/C18H22ClNO/c1-13-6-5-7-16(10-13)21-17-11-15(19)9-8-14(17)12-20-18(2,3)4/h5-11,20H,12H2,1-4H3. The summed E-state index contributed by atoms with van der Waals surface area (Å²) in [6.45, 7) is 9.22. The molecule has 0 saturated carbocycles. The van der Waals surface area contributed by atoms with Crippen molar-refractivity contribution in [3.05, 3.63) is 58.6 Å². The quantitative estimate of drug-likeness (QED) is 0.824. The molecule has 0 spiro atoms. The Bertz CT molecular complexity index is 617. The molecule has 0 amide bonds. The molecule has 0 radical (unpaired) electrons. The highest BCUT2D eigenvalue weighted by Gasteiger charge is 2.12. The first-order chi connectivity index (χ1) is 9.83. The normalized spacial score (nSPS) is 11.5. The van der Waals surface area contributed by atoms with Crippen molar-refractivity contribution in [2.24, 2.45) is 0 Å². The van der Waals surface area contributed by atoms with Crippen molar-refractivity contribution in [1.29, 1.82) is 0 Å². The van der Waals surface area contributed by atoms with Gasteiger partial charge in [0.1, 0.15) is 11.5 Å². The van der Waals surface area contributed by atoms with Crippen molar-refractivity contribution in [1.82, 2.24) is 5.32 Å². The fourth-order valence-electron chi connectivity index (χ4n) is 1.94. The molecule has 3 heteroatoms. The van der Waals surface area contributed by atoms with Crippen molar-refractivity contribution >= 4 is 11.6 Å². The molecular weight excluding hydrogens is 282 g/mol. The van der Waals surface area contributed by atoms with Crippen LogP contribution in [0.2, 0.25) is 5.02 Å². The third-order valence-electron chi connectivity index (χ3n) is 3.06. The lowest BCUT2D eigenvalue weighted by molar-refractivity contribution is 0.414. The SMILES string of the molecule is Cc1cccc(Oc2cc(Cl)ccc2CNC(C)(C)C)c1.